The molecule has 1 saturated heterocycles. The molecule has 1 fully saturated rings. The van der Waals surface area contributed by atoms with E-state index >= 15 is 0 Å². The normalized spacial score (nSPS) is 17.2. The number of rotatable bonds is 4. The quantitative estimate of drug-likeness (QED) is 0.733. The predicted molar refractivity (Wildman–Crippen MR) is 94.3 cm³/mol. The number of aromatic nitrogens is 3. The maximum absolute atomic E-state index is 12.7. The predicted octanol–water partition coefficient (Wildman–Crippen LogP) is 2.19. The number of para-hydroxylation sites is 1. The smallest absolute Gasteiger partial charge is 0.232 e. The first-order valence-electron chi connectivity index (χ1n) is 8.44. The lowest BCUT2D eigenvalue weighted by Crippen LogP contribution is -2.32. The van der Waals surface area contributed by atoms with Gasteiger partial charge < -0.3 is 14.2 Å². The van der Waals surface area contributed by atoms with Crippen LogP contribution in [0.1, 0.15) is 12.0 Å². The van der Waals surface area contributed by atoms with Gasteiger partial charge in [-0.15, -0.1) is 0 Å². The maximum Gasteiger partial charge on any atom is 0.232 e. The molecule has 1 aromatic carbocycles. The van der Waals surface area contributed by atoms with Gasteiger partial charge in [0.2, 0.25) is 11.8 Å². The van der Waals surface area contributed by atoms with E-state index in [4.69, 9.17) is 4.74 Å². The molecule has 0 saturated carbocycles. The molecule has 4 rings (SSSR count). The Labute approximate surface area is 146 Å². The Balaban J connectivity index is 1.42. The van der Waals surface area contributed by atoms with Crippen LogP contribution in [0.25, 0.3) is 10.9 Å². The fourth-order valence-corrected chi connectivity index (χ4v) is 3.41. The van der Waals surface area contributed by atoms with Gasteiger partial charge >= 0.3 is 0 Å². The van der Waals surface area contributed by atoms with E-state index in [9.17, 15) is 4.79 Å². The van der Waals surface area contributed by atoms with Gasteiger partial charge in [0.05, 0.1) is 19.2 Å². The van der Waals surface area contributed by atoms with E-state index in [0.717, 1.165) is 22.9 Å². The van der Waals surface area contributed by atoms with Gasteiger partial charge in [0.15, 0.2) is 0 Å². The first kappa shape index (κ1) is 15.6. The van der Waals surface area contributed by atoms with Crippen LogP contribution in [0.15, 0.2) is 49.1 Å². The van der Waals surface area contributed by atoms with Crippen LogP contribution in [-0.2, 0) is 18.3 Å². The highest BCUT2D eigenvalue weighted by atomic mass is 16.5. The number of nitrogens with zero attached hydrogens (tertiary/aromatic N) is 4. The van der Waals surface area contributed by atoms with Crippen LogP contribution in [0.3, 0.4) is 0 Å². The van der Waals surface area contributed by atoms with Crippen molar-refractivity contribution in [1.82, 2.24) is 19.4 Å². The van der Waals surface area contributed by atoms with Crippen LogP contribution >= 0.6 is 0 Å². The Hall–Kier alpha value is -2.89. The number of carbonyl (C=O) groups is 1. The molecule has 0 spiro atoms. The summed E-state index contributed by atoms with van der Waals surface area (Å²) < 4.78 is 7.88. The average Bonchev–Trinajstić information content (AvgIpc) is 3.22. The van der Waals surface area contributed by atoms with Gasteiger partial charge in [0.25, 0.3) is 0 Å². The van der Waals surface area contributed by atoms with Gasteiger partial charge in [0, 0.05) is 49.5 Å². The number of likely N-dealkylation sites (tertiary alicyclic amines) is 1. The van der Waals surface area contributed by atoms with Crippen LogP contribution in [0, 0.1) is 0 Å². The molecule has 128 valence electrons. The summed E-state index contributed by atoms with van der Waals surface area (Å²) >= 11 is 0. The number of carbonyl (C=O) groups excluding carboxylic acids is 1. The van der Waals surface area contributed by atoms with Crippen molar-refractivity contribution in [3.8, 4) is 5.88 Å². The first-order chi connectivity index (χ1) is 12.2. The third-order valence-electron chi connectivity index (χ3n) is 4.65. The minimum Gasteiger partial charge on any atom is -0.471 e. The molecule has 3 aromatic rings. The first-order valence-corrected chi connectivity index (χ1v) is 8.44. The van der Waals surface area contributed by atoms with Crippen molar-refractivity contribution in [1.29, 1.82) is 0 Å². The lowest BCUT2D eigenvalue weighted by Gasteiger charge is -2.16. The minimum atomic E-state index is -0.0202. The molecule has 0 bridgehead atoms. The Bertz CT molecular complexity index is 891. The zero-order valence-electron chi connectivity index (χ0n) is 14.1. The summed E-state index contributed by atoms with van der Waals surface area (Å²) in [7, 11) is 2.01. The van der Waals surface area contributed by atoms with Crippen molar-refractivity contribution in [2.75, 3.05) is 13.1 Å². The Morgan fingerprint density at radius 1 is 1.32 bits per heavy atom. The minimum absolute atomic E-state index is 0.0202. The second-order valence-corrected chi connectivity index (χ2v) is 6.37. The largest absolute Gasteiger partial charge is 0.471 e. The summed E-state index contributed by atoms with van der Waals surface area (Å²) in [4.78, 5) is 22.7. The van der Waals surface area contributed by atoms with Gasteiger partial charge in [0.1, 0.15) is 6.10 Å². The van der Waals surface area contributed by atoms with Gasteiger partial charge in [-0.2, -0.15) is 0 Å². The van der Waals surface area contributed by atoms with Crippen LogP contribution in [0.5, 0.6) is 5.88 Å². The average molecular weight is 336 g/mol. The molecule has 1 atom stereocenters. The number of amides is 1. The zero-order valence-corrected chi connectivity index (χ0v) is 14.1. The third kappa shape index (κ3) is 3.20. The lowest BCUT2D eigenvalue weighted by molar-refractivity contribution is -0.129. The second kappa shape index (κ2) is 6.55. The fourth-order valence-electron chi connectivity index (χ4n) is 3.41. The zero-order chi connectivity index (χ0) is 17.2. The van der Waals surface area contributed by atoms with Crippen LogP contribution in [0.4, 0.5) is 0 Å². The summed E-state index contributed by atoms with van der Waals surface area (Å²) in [6, 6.07) is 8.17. The number of benzene rings is 1. The van der Waals surface area contributed by atoms with Gasteiger partial charge in [-0.25, -0.2) is 4.98 Å². The molecule has 2 aromatic heterocycles. The molecular weight excluding hydrogens is 316 g/mol. The summed E-state index contributed by atoms with van der Waals surface area (Å²) in [6.45, 7) is 1.31. The van der Waals surface area contributed by atoms with Crippen LogP contribution < -0.4 is 4.74 Å². The SMILES string of the molecule is Cn1cc(CC(=O)N2CC[C@H](Oc3cnccn3)C2)c2ccccc21. The molecule has 1 amide bonds. The van der Waals surface area contributed by atoms with E-state index in [1.165, 1.54) is 0 Å². The van der Waals surface area contributed by atoms with E-state index in [0.29, 0.717) is 25.4 Å². The second-order valence-electron chi connectivity index (χ2n) is 6.37. The molecule has 1 aliphatic heterocycles. The number of ether oxygens (including phenoxy) is 1. The highest BCUT2D eigenvalue weighted by Crippen LogP contribution is 2.22. The van der Waals surface area contributed by atoms with Crippen molar-refractivity contribution < 1.29 is 9.53 Å². The molecule has 0 radical (unpaired) electrons. The Kier molecular flexibility index (Phi) is 4.09. The number of hydrogen-bond donors (Lipinski definition) is 0. The van der Waals surface area contributed by atoms with Gasteiger partial charge in [-0.1, -0.05) is 18.2 Å². The number of fused-ring (bicyclic) bond motifs is 1. The van der Waals surface area contributed by atoms with E-state index in [1.807, 2.05) is 30.3 Å². The van der Waals surface area contributed by atoms with Crippen LogP contribution in [-0.4, -0.2) is 44.5 Å². The third-order valence-corrected chi connectivity index (χ3v) is 4.65. The maximum atomic E-state index is 12.7. The summed E-state index contributed by atoms with van der Waals surface area (Å²) in [5.74, 6) is 0.650. The highest BCUT2D eigenvalue weighted by molar-refractivity contribution is 5.89. The van der Waals surface area contributed by atoms with Gasteiger partial charge in [-0.05, 0) is 11.6 Å². The topological polar surface area (TPSA) is 60.2 Å². The number of aryl methyl sites for hydroxylation is 1. The number of hydrogen-bond acceptors (Lipinski definition) is 4. The van der Waals surface area contributed by atoms with E-state index in [2.05, 4.69) is 26.7 Å². The summed E-state index contributed by atoms with van der Waals surface area (Å²) in [5, 5.41) is 1.14. The van der Waals surface area contributed by atoms with E-state index in [1.54, 1.807) is 18.6 Å². The molecule has 6 heteroatoms. The monoisotopic (exact) mass is 336 g/mol. The molecule has 0 unspecified atom stereocenters. The molecule has 1 aliphatic rings. The lowest BCUT2D eigenvalue weighted by atomic mass is 10.1. The van der Waals surface area contributed by atoms with Crippen LogP contribution in [0.2, 0.25) is 0 Å². The molecule has 25 heavy (non-hydrogen) atoms. The van der Waals surface area contributed by atoms with Crippen molar-refractivity contribution in [3.05, 3.63) is 54.6 Å². The molecule has 0 N–H and O–H groups in total. The summed E-state index contributed by atoms with van der Waals surface area (Å²) in [5.41, 5.74) is 2.22. The van der Waals surface area contributed by atoms with E-state index in [-0.39, 0.29) is 12.0 Å². The highest BCUT2D eigenvalue weighted by Gasteiger charge is 2.28. The Morgan fingerprint density at radius 2 is 2.20 bits per heavy atom. The fraction of sp³-hybridized carbons (Fsp3) is 0.316. The summed E-state index contributed by atoms with van der Waals surface area (Å²) in [6.07, 6.45) is 8.08. The molecule has 3 heterocycles. The van der Waals surface area contributed by atoms with Crippen molar-refractivity contribution in [2.24, 2.45) is 7.05 Å². The van der Waals surface area contributed by atoms with Gasteiger partial charge in [-0.3, -0.25) is 9.78 Å². The molecule has 6 nitrogen and oxygen atoms in total. The molecule has 0 aliphatic carbocycles. The Morgan fingerprint density at radius 3 is 3.04 bits per heavy atom. The van der Waals surface area contributed by atoms with Crippen molar-refractivity contribution in [3.63, 3.8) is 0 Å². The van der Waals surface area contributed by atoms with Crippen molar-refractivity contribution >= 4 is 16.8 Å². The standard InChI is InChI=1S/C19H20N4O2/c1-22-12-14(16-4-2-3-5-17(16)22)10-19(24)23-9-6-15(13-23)25-18-11-20-7-8-21-18/h2-5,7-8,11-12,15H,6,9-10,13H2,1H3/t15-/m0/s1. The van der Waals surface area contributed by atoms with E-state index < -0.39 is 0 Å². The van der Waals surface area contributed by atoms with Crippen molar-refractivity contribution in [2.45, 2.75) is 18.9 Å². The molecular formula is C19H20N4O2.